The van der Waals surface area contributed by atoms with E-state index in [1.807, 2.05) is 0 Å². The molecular formula is C26H32N4S. The van der Waals surface area contributed by atoms with Gasteiger partial charge in [-0.2, -0.15) is 0 Å². The van der Waals surface area contributed by atoms with Crippen LogP contribution in [0.25, 0.3) is 10.8 Å². The third kappa shape index (κ3) is 4.40. The van der Waals surface area contributed by atoms with Gasteiger partial charge in [0.2, 0.25) is 0 Å². The van der Waals surface area contributed by atoms with E-state index >= 15 is 0 Å². The molecule has 2 aliphatic heterocycles. The second-order valence-corrected chi connectivity index (χ2v) is 9.93. The first-order valence-electron chi connectivity index (χ1n) is 11.6. The maximum absolute atomic E-state index is 8.91. The normalized spacial score (nSPS) is 20.5. The molecule has 2 aliphatic rings. The molecular weight excluding hydrogens is 400 g/mol. The first-order valence-corrected chi connectivity index (χ1v) is 12.4. The Morgan fingerprint density at radius 2 is 1.84 bits per heavy atom. The van der Waals surface area contributed by atoms with Gasteiger partial charge >= 0.3 is 0 Å². The van der Waals surface area contributed by atoms with Gasteiger partial charge in [-0.05, 0) is 78.5 Å². The molecule has 0 radical (unpaired) electrons. The molecule has 1 atom stereocenters. The highest BCUT2D eigenvalue weighted by atomic mass is 32.1. The molecule has 162 valence electrons. The van der Waals surface area contributed by atoms with Crippen LogP contribution in [-0.4, -0.2) is 41.8 Å². The van der Waals surface area contributed by atoms with Gasteiger partial charge in [-0.15, -0.1) is 11.3 Å². The first-order chi connectivity index (χ1) is 15.2. The summed E-state index contributed by atoms with van der Waals surface area (Å²) in [6.45, 7) is 4.16. The number of piperidine rings is 1. The van der Waals surface area contributed by atoms with Crippen LogP contribution in [0.1, 0.15) is 41.4 Å². The maximum atomic E-state index is 8.91. The summed E-state index contributed by atoms with van der Waals surface area (Å²) < 4.78 is 0. The molecule has 5 heteroatoms. The van der Waals surface area contributed by atoms with Crippen LogP contribution in [0.2, 0.25) is 0 Å². The molecule has 1 saturated heterocycles. The van der Waals surface area contributed by atoms with Gasteiger partial charge in [0, 0.05) is 23.9 Å². The number of amidine groups is 1. The van der Waals surface area contributed by atoms with Crippen LogP contribution < -0.4 is 5.73 Å². The molecule has 1 unspecified atom stereocenters. The van der Waals surface area contributed by atoms with Crippen LogP contribution in [0.3, 0.4) is 0 Å². The minimum Gasteiger partial charge on any atom is -0.340 e. The van der Waals surface area contributed by atoms with Crippen LogP contribution in [-0.2, 0) is 12.8 Å². The van der Waals surface area contributed by atoms with Crippen LogP contribution in [0.15, 0.2) is 53.9 Å². The highest BCUT2D eigenvalue weighted by Crippen LogP contribution is 2.32. The van der Waals surface area contributed by atoms with Crippen LogP contribution in [0.5, 0.6) is 0 Å². The van der Waals surface area contributed by atoms with Crippen LogP contribution >= 0.6 is 11.3 Å². The number of benzene rings is 2. The number of aryl methyl sites for hydroxylation is 1. The second kappa shape index (κ2) is 9.11. The lowest BCUT2D eigenvalue weighted by molar-refractivity contribution is 0.198. The lowest BCUT2D eigenvalue weighted by atomic mass is 9.94. The van der Waals surface area contributed by atoms with Crippen molar-refractivity contribution in [3.8, 4) is 0 Å². The zero-order chi connectivity index (χ0) is 21.2. The van der Waals surface area contributed by atoms with E-state index in [2.05, 4.69) is 63.7 Å². The largest absolute Gasteiger partial charge is 0.340 e. The summed E-state index contributed by atoms with van der Waals surface area (Å²) in [6.07, 6.45) is 5.25. The Bertz CT molecular complexity index is 1050. The van der Waals surface area contributed by atoms with E-state index in [0.29, 0.717) is 5.92 Å². The number of fused-ring (bicyclic) bond motifs is 2. The zero-order valence-corrected chi connectivity index (χ0v) is 18.9. The van der Waals surface area contributed by atoms with Gasteiger partial charge in [-0.3, -0.25) is 5.41 Å². The number of nitrogens with two attached hydrogens (primary N) is 1. The van der Waals surface area contributed by atoms with E-state index in [9.17, 15) is 0 Å². The Labute approximate surface area is 189 Å². The van der Waals surface area contributed by atoms with E-state index in [-0.39, 0.29) is 6.17 Å². The average molecular weight is 433 g/mol. The number of rotatable bonds is 4. The molecule has 3 N–H and O–H groups in total. The van der Waals surface area contributed by atoms with E-state index in [1.165, 1.54) is 26.8 Å². The topological polar surface area (TPSA) is 56.4 Å². The first kappa shape index (κ1) is 20.7. The molecule has 3 heterocycles. The van der Waals surface area contributed by atoms with Gasteiger partial charge in [-0.1, -0.05) is 42.5 Å². The highest BCUT2D eigenvalue weighted by Gasteiger charge is 2.31. The fraction of sp³-hybridized carbons (Fsp3) is 0.423. The minimum atomic E-state index is -0.143. The molecule has 0 aliphatic carbocycles. The van der Waals surface area contributed by atoms with Crippen molar-refractivity contribution in [2.45, 2.75) is 38.3 Å². The fourth-order valence-corrected chi connectivity index (χ4v) is 6.12. The number of hydrogen-bond donors (Lipinski definition) is 2. The van der Waals surface area contributed by atoms with Crippen LogP contribution in [0, 0.1) is 11.3 Å². The quantitative estimate of drug-likeness (QED) is 0.449. The number of nitrogens with one attached hydrogen (secondary N) is 1. The van der Waals surface area contributed by atoms with Crippen molar-refractivity contribution in [1.29, 1.82) is 5.41 Å². The molecule has 4 nitrogen and oxygen atoms in total. The Morgan fingerprint density at radius 1 is 1.03 bits per heavy atom. The van der Waals surface area contributed by atoms with Crippen molar-refractivity contribution in [3.05, 3.63) is 69.9 Å². The standard InChI is InChI=1S/C26H32N4S/c27-25(30-13-3-6-21-12-17-31-24(21)26(30)28)22-10-15-29(16-11-22)14-9-19-7-8-20-4-1-2-5-23(20)18-19/h1-2,4-5,7-8,12,17-18,22,26-27H,3,6,9-11,13-16,28H2. The number of hydrogen-bond acceptors (Lipinski definition) is 4. The van der Waals surface area contributed by atoms with Gasteiger partial charge in [0.1, 0.15) is 12.0 Å². The Hall–Kier alpha value is -2.21. The zero-order valence-electron chi connectivity index (χ0n) is 18.1. The molecule has 1 fully saturated rings. The molecule has 31 heavy (non-hydrogen) atoms. The third-order valence-electron chi connectivity index (χ3n) is 7.04. The SMILES string of the molecule is N=C(C1CCN(CCc2ccc3ccccc3c2)CC1)N1CCCc2ccsc2C1N. The van der Waals surface area contributed by atoms with E-state index < -0.39 is 0 Å². The average Bonchev–Trinajstić information content (AvgIpc) is 3.22. The van der Waals surface area contributed by atoms with Gasteiger partial charge in [0.05, 0.1) is 0 Å². The van der Waals surface area contributed by atoms with Crippen molar-refractivity contribution < 1.29 is 0 Å². The number of thiophene rings is 1. The predicted molar refractivity (Wildman–Crippen MR) is 131 cm³/mol. The Kier molecular flexibility index (Phi) is 6.08. The summed E-state index contributed by atoms with van der Waals surface area (Å²) in [5, 5.41) is 13.7. The molecule has 0 bridgehead atoms. The summed E-state index contributed by atoms with van der Waals surface area (Å²) in [5.74, 6) is 1.10. The van der Waals surface area contributed by atoms with Crippen molar-refractivity contribution in [2.75, 3.05) is 26.2 Å². The summed E-state index contributed by atoms with van der Waals surface area (Å²) in [5.41, 5.74) is 9.40. The molecule has 1 aromatic heterocycles. The Balaban J connectivity index is 1.15. The summed E-state index contributed by atoms with van der Waals surface area (Å²) in [7, 11) is 0. The van der Waals surface area contributed by atoms with Gasteiger partial charge in [0.25, 0.3) is 0 Å². The molecule has 2 aromatic carbocycles. The Morgan fingerprint density at radius 3 is 2.68 bits per heavy atom. The van der Waals surface area contributed by atoms with Gasteiger partial charge in [0.15, 0.2) is 0 Å². The smallest absolute Gasteiger partial charge is 0.114 e. The van der Waals surface area contributed by atoms with Crippen molar-refractivity contribution in [3.63, 3.8) is 0 Å². The summed E-state index contributed by atoms with van der Waals surface area (Å²) in [6, 6.07) is 17.6. The van der Waals surface area contributed by atoms with E-state index in [4.69, 9.17) is 11.1 Å². The highest BCUT2D eigenvalue weighted by molar-refractivity contribution is 7.10. The monoisotopic (exact) mass is 432 g/mol. The lowest BCUT2D eigenvalue weighted by Gasteiger charge is -2.37. The molecule has 3 aromatic rings. The fourth-order valence-electron chi connectivity index (χ4n) is 5.15. The van der Waals surface area contributed by atoms with Gasteiger partial charge in [-0.25, -0.2) is 0 Å². The van der Waals surface area contributed by atoms with Crippen LogP contribution in [0.4, 0.5) is 0 Å². The van der Waals surface area contributed by atoms with E-state index in [0.717, 1.165) is 64.1 Å². The summed E-state index contributed by atoms with van der Waals surface area (Å²) in [4.78, 5) is 6.01. The maximum Gasteiger partial charge on any atom is 0.114 e. The molecule has 0 amide bonds. The van der Waals surface area contributed by atoms with Crippen molar-refractivity contribution in [1.82, 2.24) is 9.80 Å². The molecule has 5 rings (SSSR count). The number of likely N-dealkylation sites (tertiary alicyclic amines) is 1. The van der Waals surface area contributed by atoms with Crippen molar-refractivity contribution >= 4 is 27.9 Å². The van der Waals surface area contributed by atoms with E-state index in [1.54, 1.807) is 11.3 Å². The second-order valence-electron chi connectivity index (χ2n) is 8.98. The minimum absolute atomic E-state index is 0.143. The molecule has 0 spiro atoms. The lowest BCUT2D eigenvalue weighted by Crippen LogP contribution is -2.45. The number of nitrogens with zero attached hydrogens (tertiary/aromatic N) is 2. The van der Waals surface area contributed by atoms with Gasteiger partial charge < -0.3 is 15.5 Å². The third-order valence-corrected chi connectivity index (χ3v) is 8.07. The van der Waals surface area contributed by atoms with Crippen molar-refractivity contribution in [2.24, 2.45) is 11.7 Å². The molecule has 0 saturated carbocycles. The predicted octanol–water partition coefficient (Wildman–Crippen LogP) is 5.04. The summed E-state index contributed by atoms with van der Waals surface area (Å²) >= 11 is 1.75.